The van der Waals surface area contributed by atoms with E-state index in [2.05, 4.69) is 10.3 Å². The average molecular weight is 513 g/mol. The van der Waals surface area contributed by atoms with Crippen molar-refractivity contribution in [3.8, 4) is 0 Å². The first-order chi connectivity index (χ1) is 18.4. The fourth-order valence-corrected chi connectivity index (χ4v) is 5.31. The quantitative estimate of drug-likeness (QED) is 0.565. The summed E-state index contributed by atoms with van der Waals surface area (Å²) >= 11 is 0. The van der Waals surface area contributed by atoms with Crippen LogP contribution in [0.3, 0.4) is 0 Å². The summed E-state index contributed by atoms with van der Waals surface area (Å²) in [6.45, 7) is 5.18. The minimum Gasteiger partial charge on any atom is -0.353 e. The first-order valence-corrected chi connectivity index (χ1v) is 12.9. The number of amides is 3. The maximum absolute atomic E-state index is 13.9. The van der Waals surface area contributed by atoms with Crippen LogP contribution in [0.5, 0.6) is 0 Å². The van der Waals surface area contributed by atoms with Gasteiger partial charge in [0.2, 0.25) is 5.91 Å². The Kier molecular flexibility index (Phi) is 7.24. The molecule has 2 fully saturated rings. The van der Waals surface area contributed by atoms with E-state index in [4.69, 9.17) is 4.74 Å². The number of nitrogens with one attached hydrogen (secondary N) is 1. The first kappa shape index (κ1) is 25.6. The molecule has 8 nitrogen and oxygen atoms in total. The highest BCUT2D eigenvalue weighted by atomic mass is 16.5. The van der Waals surface area contributed by atoms with Gasteiger partial charge in [0.05, 0.1) is 6.61 Å². The molecule has 38 heavy (non-hydrogen) atoms. The highest BCUT2D eigenvalue weighted by Gasteiger charge is 2.54. The van der Waals surface area contributed by atoms with Gasteiger partial charge in [-0.1, -0.05) is 35.4 Å². The maximum atomic E-state index is 13.9. The Morgan fingerprint density at radius 3 is 2.13 bits per heavy atom. The Morgan fingerprint density at radius 1 is 0.921 bits per heavy atom. The van der Waals surface area contributed by atoms with E-state index in [-0.39, 0.29) is 24.3 Å². The van der Waals surface area contributed by atoms with Gasteiger partial charge in [-0.05, 0) is 55.8 Å². The van der Waals surface area contributed by atoms with Gasteiger partial charge < -0.3 is 15.0 Å². The van der Waals surface area contributed by atoms with Gasteiger partial charge in [0.15, 0.2) is 0 Å². The van der Waals surface area contributed by atoms with Gasteiger partial charge in [0, 0.05) is 56.0 Å². The van der Waals surface area contributed by atoms with Crippen molar-refractivity contribution in [2.45, 2.75) is 45.0 Å². The molecule has 2 aliphatic rings. The van der Waals surface area contributed by atoms with Gasteiger partial charge in [-0.3, -0.25) is 24.3 Å². The number of likely N-dealkylation sites (tertiary alicyclic amines) is 1. The molecule has 0 saturated carbocycles. The third-order valence-corrected chi connectivity index (χ3v) is 7.36. The van der Waals surface area contributed by atoms with Crippen molar-refractivity contribution in [1.82, 2.24) is 20.1 Å². The molecule has 1 atom stereocenters. The second-order valence-corrected chi connectivity index (χ2v) is 10.1. The molecule has 5 rings (SSSR count). The smallest absolute Gasteiger partial charge is 0.256 e. The topological polar surface area (TPSA) is 91.8 Å². The molecule has 196 valence electrons. The number of rotatable bonds is 5. The molecule has 1 aromatic heterocycles. The summed E-state index contributed by atoms with van der Waals surface area (Å²) in [5.74, 6) is -0.545. The van der Waals surface area contributed by atoms with E-state index < -0.39 is 11.8 Å². The SMILES string of the molecule is Cc1cccc(C(=O)N2CCC3(CC2)OCC(C(=O)NCc2ccncc2)N3C(=O)c2cccc(C)c2)c1. The molecule has 3 amide bonds. The molecule has 1 N–H and O–H groups in total. The van der Waals surface area contributed by atoms with Crippen molar-refractivity contribution in [2.24, 2.45) is 0 Å². The molecule has 2 saturated heterocycles. The van der Waals surface area contributed by atoms with Crippen LogP contribution in [-0.4, -0.2) is 64.0 Å². The normalized spacial score (nSPS) is 18.4. The summed E-state index contributed by atoms with van der Waals surface area (Å²) in [6, 6.07) is 17.8. The van der Waals surface area contributed by atoms with Gasteiger partial charge in [-0.15, -0.1) is 0 Å². The maximum Gasteiger partial charge on any atom is 0.256 e. The molecule has 3 aromatic rings. The van der Waals surface area contributed by atoms with Crippen LogP contribution in [0.4, 0.5) is 0 Å². The van der Waals surface area contributed by atoms with E-state index in [9.17, 15) is 14.4 Å². The van der Waals surface area contributed by atoms with E-state index in [1.807, 2.05) is 68.4 Å². The molecule has 0 radical (unpaired) electrons. The van der Waals surface area contributed by atoms with Crippen molar-refractivity contribution in [2.75, 3.05) is 19.7 Å². The second-order valence-electron chi connectivity index (χ2n) is 10.1. The number of nitrogens with zero attached hydrogens (tertiary/aromatic N) is 3. The molecular weight excluding hydrogens is 480 g/mol. The van der Waals surface area contributed by atoms with Crippen LogP contribution in [0.15, 0.2) is 73.1 Å². The van der Waals surface area contributed by atoms with Crippen LogP contribution in [0, 0.1) is 13.8 Å². The number of pyridine rings is 1. The molecule has 0 bridgehead atoms. The molecule has 8 heteroatoms. The number of aromatic nitrogens is 1. The first-order valence-electron chi connectivity index (χ1n) is 12.9. The third kappa shape index (κ3) is 5.17. The number of piperidine rings is 1. The Hall–Kier alpha value is -4.04. The Balaban J connectivity index is 1.37. The van der Waals surface area contributed by atoms with Crippen LogP contribution < -0.4 is 5.32 Å². The van der Waals surface area contributed by atoms with Crippen LogP contribution in [0.2, 0.25) is 0 Å². The van der Waals surface area contributed by atoms with Gasteiger partial charge in [-0.2, -0.15) is 0 Å². The third-order valence-electron chi connectivity index (χ3n) is 7.36. The molecule has 2 aromatic carbocycles. The Morgan fingerprint density at radius 2 is 1.53 bits per heavy atom. The van der Waals surface area contributed by atoms with Crippen molar-refractivity contribution in [3.05, 3.63) is 101 Å². The predicted octanol–water partition coefficient (Wildman–Crippen LogP) is 3.49. The van der Waals surface area contributed by atoms with E-state index >= 15 is 0 Å². The molecule has 1 unspecified atom stereocenters. The number of ether oxygens (including phenoxy) is 1. The Bertz CT molecular complexity index is 1330. The van der Waals surface area contributed by atoms with Gasteiger partial charge in [0.25, 0.3) is 11.8 Å². The van der Waals surface area contributed by atoms with Crippen molar-refractivity contribution in [3.63, 3.8) is 0 Å². The lowest BCUT2D eigenvalue weighted by atomic mass is 9.95. The summed E-state index contributed by atoms with van der Waals surface area (Å²) in [6.07, 6.45) is 4.20. The van der Waals surface area contributed by atoms with Gasteiger partial charge in [0.1, 0.15) is 11.8 Å². The summed E-state index contributed by atoms with van der Waals surface area (Å²) in [7, 11) is 0. The number of benzene rings is 2. The summed E-state index contributed by atoms with van der Waals surface area (Å²) in [5.41, 5.74) is 3.11. The van der Waals surface area contributed by atoms with E-state index in [1.54, 1.807) is 28.3 Å². The minimum atomic E-state index is -0.955. The lowest BCUT2D eigenvalue weighted by molar-refractivity contribution is -0.128. The van der Waals surface area contributed by atoms with Crippen molar-refractivity contribution >= 4 is 17.7 Å². The highest BCUT2D eigenvalue weighted by molar-refractivity contribution is 5.99. The molecule has 3 heterocycles. The minimum absolute atomic E-state index is 0.0373. The number of carbonyl (C=O) groups excluding carboxylic acids is 3. The van der Waals surface area contributed by atoms with Gasteiger partial charge >= 0.3 is 0 Å². The monoisotopic (exact) mass is 512 g/mol. The lowest BCUT2D eigenvalue weighted by Gasteiger charge is -2.44. The zero-order valence-corrected chi connectivity index (χ0v) is 21.7. The highest BCUT2D eigenvalue weighted by Crippen LogP contribution is 2.39. The fraction of sp³-hybridized carbons (Fsp3) is 0.333. The number of hydrogen-bond donors (Lipinski definition) is 1. The molecule has 2 aliphatic heterocycles. The van der Waals surface area contributed by atoms with E-state index in [0.717, 1.165) is 16.7 Å². The zero-order chi connectivity index (χ0) is 26.7. The van der Waals surface area contributed by atoms with Crippen LogP contribution in [0.1, 0.15) is 50.2 Å². The van der Waals surface area contributed by atoms with E-state index in [1.165, 1.54) is 0 Å². The number of aryl methyl sites for hydroxylation is 2. The fourth-order valence-electron chi connectivity index (χ4n) is 5.31. The van der Waals surface area contributed by atoms with E-state index in [0.29, 0.717) is 43.6 Å². The molecule has 1 spiro atoms. The molecule has 0 aliphatic carbocycles. The summed E-state index contributed by atoms with van der Waals surface area (Å²) < 4.78 is 6.30. The van der Waals surface area contributed by atoms with Crippen LogP contribution >= 0.6 is 0 Å². The van der Waals surface area contributed by atoms with Crippen molar-refractivity contribution < 1.29 is 19.1 Å². The predicted molar refractivity (Wildman–Crippen MR) is 142 cm³/mol. The number of hydrogen-bond acceptors (Lipinski definition) is 5. The lowest BCUT2D eigenvalue weighted by Crippen LogP contribution is -2.59. The summed E-state index contributed by atoms with van der Waals surface area (Å²) in [4.78, 5) is 47.9. The largest absolute Gasteiger partial charge is 0.353 e. The number of carbonyl (C=O) groups is 3. The van der Waals surface area contributed by atoms with Crippen LogP contribution in [-0.2, 0) is 16.1 Å². The molecular formula is C30H32N4O4. The standard InChI is InChI=1S/C30H32N4O4/c1-21-5-3-7-24(17-21)28(36)33-15-11-30(12-16-33)34(29(37)25-8-4-6-22(2)18-25)26(20-38-30)27(35)32-19-23-9-13-31-14-10-23/h3-10,13-14,17-18,26H,11-12,15-16,19-20H2,1-2H3,(H,32,35). The van der Waals surface area contributed by atoms with Crippen molar-refractivity contribution in [1.29, 1.82) is 0 Å². The Labute approximate surface area is 222 Å². The van der Waals surface area contributed by atoms with Gasteiger partial charge in [-0.25, -0.2) is 0 Å². The second kappa shape index (κ2) is 10.8. The van der Waals surface area contributed by atoms with Crippen LogP contribution in [0.25, 0.3) is 0 Å². The average Bonchev–Trinajstić information content (AvgIpc) is 3.30. The summed E-state index contributed by atoms with van der Waals surface area (Å²) in [5, 5.41) is 2.96. The zero-order valence-electron chi connectivity index (χ0n) is 21.7.